The fourth-order valence-corrected chi connectivity index (χ4v) is 4.82. The van der Waals surface area contributed by atoms with Crippen LogP contribution in [0.1, 0.15) is 24.8 Å². The fraction of sp³-hybridized carbons (Fsp3) is 0.259. The molecule has 0 unspecified atom stereocenters. The highest BCUT2D eigenvalue weighted by Crippen LogP contribution is 2.40. The van der Waals surface area contributed by atoms with E-state index in [1.165, 1.54) is 4.90 Å². The highest BCUT2D eigenvalue weighted by molar-refractivity contribution is 5.90. The molecule has 2 aliphatic rings. The molecule has 1 aliphatic carbocycles. The SMILES string of the molecule is O=C(OC1CC(F)(F)C1)N1CCCc2cc(-c3ncc(F)c(Nc4ccc5c(=O)[nH]ccc5c4)n3)ccc21. The zero-order valence-corrected chi connectivity index (χ0v) is 20.0. The Morgan fingerprint density at radius 2 is 2.00 bits per heavy atom. The minimum absolute atomic E-state index is 0.0283. The van der Waals surface area contributed by atoms with Gasteiger partial charge in [-0.3, -0.25) is 9.69 Å². The van der Waals surface area contributed by atoms with Gasteiger partial charge in [0.15, 0.2) is 17.5 Å². The van der Waals surface area contributed by atoms with Crippen LogP contribution in [0.2, 0.25) is 0 Å². The summed E-state index contributed by atoms with van der Waals surface area (Å²) >= 11 is 0. The molecule has 0 radical (unpaired) electrons. The first-order chi connectivity index (χ1) is 18.3. The van der Waals surface area contributed by atoms with E-state index in [9.17, 15) is 22.8 Å². The van der Waals surface area contributed by atoms with Gasteiger partial charge in [0.2, 0.25) is 0 Å². The fourth-order valence-electron chi connectivity index (χ4n) is 4.82. The lowest BCUT2D eigenvalue weighted by Gasteiger charge is -2.36. The lowest BCUT2D eigenvalue weighted by atomic mass is 9.91. The molecule has 3 heterocycles. The maximum Gasteiger partial charge on any atom is 0.414 e. The van der Waals surface area contributed by atoms with Gasteiger partial charge in [0.25, 0.3) is 11.5 Å². The van der Waals surface area contributed by atoms with Gasteiger partial charge in [-0.2, -0.15) is 0 Å². The zero-order chi connectivity index (χ0) is 26.4. The molecule has 0 atom stereocenters. The van der Waals surface area contributed by atoms with Crippen molar-refractivity contribution in [1.29, 1.82) is 0 Å². The van der Waals surface area contributed by atoms with Gasteiger partial charge in [0.05, 0.1) is 11.9 Å². The largest absolute Gasteiger partial charge is 0.445 e. The Balaban J connectivity index is 1.23. The van der Waals surface area contributed by atoms with Crippen molar-refractivity contribution in [2.24, 2.45) is 0 Å². The molecule has 2 aromatic carbocycles. The number of nitrogens with zero attached hydrogens (tertiary/aromatic N) is 3. The summed E-state index contributed by atoms with van der Waals surface area (Å²) in [4.78, 5) is 37.2. The third-order valence-corrected chi connectivity index (χ3v) is 6.78. The zero-order valence-electron chi connectivity index (χ0n) is 20.0. The second-order valence-corrected chi connectivity index (χ2v) is 9.49. The Morgan fingerprint density at radius 1 is 1.16 bits per heavy atom. The molecule has 11 heteroatoms. The summed E-state index contributed by atoms with van der Waals surface area (Å²) in [7, 11) is 0. The number of nitrogens with one attached hydrogen (secondary N) is 2. The lowest BCUT2D eigenvalue weighted by Crippen LogP contribution is -2.46. The number of pyridine rings is 1. The number of amides is 1. The van der Waals surface area contributed by atoms with Crippen LogP contribution in [0, 0.1) is 5.82 Å². The van der Waals surface area contributed by atoms with Gasteiger partial charge in [0, 0.05) is 42.2 Å². The summed E-state index contributed by atoms with van der Waals surface area (Å²) in [6.07, 6.45) is 1.67. The van der Waals surface area contributed by atoms with Crippen LogP contribution in [0.15, 0.2) is 59.7 Å². The van der Waals surface area contributed by atoms with Gasteiger partial charge in [-0.1, -0.05) is 0 Å². The Morgan fingerprint density at radius 3 is 2.82 bits per heavy atom. The van der Waals surface area contributed by atoms with E-state index in [0.717, 1.165) is 11.8 Å². The van der Waals surface area contributed by atoms with Crippen LogP contribution in [0.3, 0.4) is 0 Å². The molecular formula is C27H22F3N5O3. The lowest BCUT2D eigenvalue weighted by molar-refractivity contribution is -0.143. The van der Waals surface area contributed by atoms with E-state index < -0.39 is 36.8 Å². The number of alkyl halides is 2. The summed E-state index contributed by atoms with van der Waals surface area (Å²) in [5, 5.41) is 4.16. The number of H-pyrrole nitrogens is 1. The molecule has 1 fully saturated rings. The van der Waals surface area contributed by atoms with Crippen molar-refractivity contribution < 1.29 is 22.7 Å². The molecule has 0 saturated heterocycles. The van der Waals surface area contributed by atoms with Gasteiger partial charge >= 0.3 is 6.09 Å². The van der Waals surface area contributed by atoms with Gasteiger partial charge < -0.3 is 15.0 Å². The molecular weight excluding hydrogens is 499 g/mol. The number of anilines is 3. The Labute approximate surface area is 214 Å². The second-order valence-electron chi connectivity index (χ2n) is 9.49. The van der Waals surface area contributed by atoms with Crippen LogP contribution in [0.4, 0.5) is 35.2 Å². The average molecular weight is 521 g/mol. The van der Waals surface area contributed by atoms with Crippen LogP contribution in [-0.2, 0) is 11.2 Å². The molecule has 194 valence electrons. The third-order valence-electron chi connectivity index (χ3n) is 6.78. The van der Waals surface area contributed by atoms with E-state index in [-0.39, 0.29) is 17.2 Å². The standard InChI is InChI=1S/C27H22F3N5O3/c28-21-14-32-23(34-24(21)33-18-4-5-20-15(11-18)7-8-31-25(20)36)17-3-6-22-16(10-17)2-1-9-35(22)26(37)38-19-12-27(29,30)13-19/h3-8,10-11,14,19H,1-2,9,12-13H2,(H,31,36)(H,32,33,34). The molecule has 6 rings (SSSR count). The number of carbonyl (C=O) groups excluding carboxylic acids is 1. The van der Waals surface area contributed by atoms with E-state index in [1.54, 1.807) is 42.6 Å². The number of aryl methyl sites for hydroxylation is 1. The number of halogens is 3. The number of carbonyl (C=O) groups is 1. The molecule has 4 aromatic rings. The summed E-state index contributed by atoms with van der Waals surface area (Å²) in [6, 6.07) is 12.1. The predicted octanol–water partition coefficient (Wildman–Crippen LogP) is 5.55. The molecule has 38 heavy (non-hydrogen) atoms. The van der Waals surface area contributed by atoms with E-state index in [1.807, 2.05) is 6.07 Å². The smallest absolute Gasteiger partial charge is 0.414 e. The maximum absolute atomic E-state index is 14.6. The summed E-state index contributed by atoms with van der Waals surface area (Å²) in [5.74, 6) is -3.16. The van der Waals surface area contributed by atoms with Crippen LogP contribution in [0.5, 0.6) is 0 Å². The van der Waals surface area contributed by atoms with E-state index in [2.05, 4.69) is 20.3 Å². The van der Waals surface area contributed by atoms with E-state index in [0.29, 0.717) is 47.1 Å². The molecule has 1 aliphatic heterocycles. The van der Waals surface area contributed by atoms with Crippen molar-refractivity contribution in [1.82, 2.24) is 15.0 Å². The van der Waals surface area contributed by atoms with Crippen molar-refractivity contribution in [3.8, 4) is 11.4 Å². The van der Waals surface area contributed by atoms with Gasteiger partial charge in [-0.05, 0) is 66.3 Å². The van der Waals surface area contributed by atoms with Crippen molar-refractivity contribution in [3.05, 3.63) is 76.6 Å². The highest BCUT2D eigenvalue weighted by atomic mass is 19.3. The van der Waals surface area contributed by atoms with Crippen LogP contribution >= 0.6 is 0 Å². The number of ether oxygens (including phenoxy) is 1. The van der Waals surface area contributed by atoms with Crippen molar-refractivity contribution in [2.45, 2.75) is 37.7 Å². The number of hydrogen-bond donors (Lipinski definition) is 2. The number of aromatic amines is 1. The highest BCUT2D eigenvalue weighted by Gasteiger charge is 2.48. The Bertz CT molecular complexity index is 1620. The maximum atomic E-state index is 14.6. The summed E-state index contributed by atoms with van der Waals surface area (Å²) in [6.45, 7) is 0.424. The van der Waals surface area contributed by atoms with E-state index >= 15 is 0 Å². The van der Waals surface area contributed by atoms with Gasteiger partial charge in [0.1, 0.15) is 6.10 Å². The second kappa shape index (κ2) is 9.16. The number of fused-ring (bicyclic) bond motifs is 2. The number of benzene rings is 2. The number of hydrogen-bond acceptors (Lipinski definition) is 6. The third kappa shape index (κ3) is 4.55. The van der Waals surface area contributed by atoms with Crippen LogP contribution in [-0.4, -0.2) is 39.6 Å². The predicted molar refractivity (Wildman–Crippen MR) is 135 cm³/mol. The first-order valence-electron chi connectivity index (χ1n) is 12.2. The molecule has 8 nitrogen and oxygen atoms in total. The van der Waals surface area contributed by atoms with Gasteiger partial charge in [-0.25, -0.2) is 27.9 Å². The Hall–Kier alpha value is -4.41. The van der Waals surface area contributed by atoms with Crippen molar-refractivity contribution in [3.63, 3.8) is 0 Å². The monoisotopic (exact) mass is 521 g/mol. The molecule has 2 N–H and O–H groups in total. The summed E-state index contributed by atoms with van der Waals surface area (Å²) < 4.78 is 46.1. The quantitative estimate of drug-likeness (QED) is 0.365. The first-order valence-corrected chi connectivity index (χ1v) is 12.2. The number of aromatic nitrogens is 3. The van der Waals surface area contributed by atoms with Crippen molar-refractivity contribution in [2.75, 3.05) is 16.8 Å². The molecule has 0 bridgehead atoms. The first kappa shape index (κ1) is 24.0. The molecule has 2 aromatic heterocycles. The van der Waals surface area contributed by atoms with Crippen molar-refractivity contribution >= 4 is 34.1 Å². The van der Waals surface area contributed by atoms with Gasteiger partial charge in [-0.15, -0.1) is 0 Å². The van der Waals surface area contributed by atoms with Crippen LogP contribution < -0.4 is 15.8 Å². The average Bonchev–Trinajstić information content (AvgIpc) is 2.88. The van der Waals surface area contributed by atoms with Crippen LogP contribution in [0.25, 0.3) is 22.2 Å². The minimum Gasteiger partial charge on any atom is -0.445 e. The minimum atomic E-state index is -2.77. The molecule has 1 amide bonds. The normalized spacial score (nSPS) is 16.6. The molecule has 0 spiro atoms. The topological polar surface area (TPSA) is 100 Å². The number of rotatable bonds is 4. The summed E-state index contributed by atoms with van der Waals surface area (Å²) in [5.41, 5.74) is 2.46. The Kier molecular flexibility index (Phi) is 5.77. The molecule has 1 saturated carbocycles. The van der Waals surface area contributed by atoms with E-state index in [4.69, 9.17) is 4.74 Å².